The van der Waals surface area contributed by atoms with Crippen molar-refractivity contribution >= 4 is 52.2 Å². The first-order chi connectivity index (χ1) is 14.0. The molecule has 3 aliphatic rings. The van der Waals surface area contributed by atoms with Crippen LogP contribution < -0.4 is 5.32 Å². The van der Waals surface area contributed by atoms with Gasteiger partial charge in [0.15, 0.2) is 0 Å². The Morgan fingerprint density at radius 2 is 2.21 bits per heavy atom. The number of carbonyl (C=O) groups excluding carboxylic acids is 2. The van der Waals surface area contributed by atoms with E-state index in [1.807, 2.05) is 23.1 Å². The number of anilines is 1. The van der Waals surface area contributed by atoms with E-state index in [1.165, 1.54) is 10.5 Å². The maximum atomic E-state index is 12.7. The lowest BCUT2D eigenvalue weighted by Crippen LogP contribution is -2.27. The van der Waals surface area contributed by atoms with Crippen molar-refractivity contribution in [3.8, 4) is 0 Å². The average Bonchev–Trinajstić information content (AvgIpc) is 3.40. The maximum Gasteiger partial charge on any atom is 0.246 e. The van der Waals surface area contributed by atoms with Gasteiger partial charge >= 0.3 is 0 Å². The molecule has 2 aromatic heterocycles. The quantitative estimate of drug-likeness (QED) is 0.747. The van der Waals surface area contributed by atoms with Crippen LogP contribution in [0.25, 0.3) is 11.6 Å². The average molecular weight is 426 g/mol. The van der Waals surface area contributed by atoms with Gasteiger partial charge in [0.05, 0.1) is 4.34 Å². The lowest BCUT2D eigenvalue weighted by Gasteiger charge is -2.16. The number of likely N-dealkylation sites (tertiary alicyclic amines) is 1. The van der Waals surface area contributed by atoms with Crippen molar-refractivity contribution in [1.29, 1.82) is 0 Å². The van der Waals surface area contributed by atoms with Crippen LogP contribution in [-0.4, -0.2) is 34.8 Å². The molecule has 0 radical (unpaired) electrons. The third-order valence-corrected chi connectivity index (χ3v) is 7.18. The summed E-state index contributed by atoms with van der Waals surface area (Å²) in [5.74, 6) is 1.60. The maximum absolute atomic E-state index is 12.7. The molecule has 5 rings (SSSR count). The smallest absolute Gasteiger partial charge is 0.246 e. The molecular formula is C22H20ClN3O2S. The minimum absolute atomic E-state index is 0.00225. The zero-order chi connectivity index (χ0) is 20.0. The van der Waals surface area contributed by atoms with E-state index in [2.05, 4.69) is 22.4 Å². The van der Waals surface area contributed by atoms with Gasteiger partial charge < -0.3 is 10.2 Å². The van der Waals surface area contributed by atoms with E-state index in [0.717, 1.165) is 35.0 Å². The molecule has 0 aromatic carbocycles. The van der Waals surface area contributed by atoms with E-state index < -0.39 is 0 Å². The predicted molar refractivity (Wildman–Crippen MR) is 116 cm³/mol. The Balaban J connectivity index is 1.23. The van der Waals surface area contributed by atoms with Crippen LogP contribution in [0.3, 0.4) is 0 Å². The number of halogens is 1. The molecule has 0 spiro atoms. The van der Waals surface area contributed by atoms with Crippen LogP contribution in [0.2, 0.25) is 4.34 Å². The van der Waals surface area contributed by atoms with Gasteiger partial charge in [-0.3, -0.25) is 9.59 Å². The van der Waals surface area contributed by atoms with Crippen LogP contribution in [0.1, 0.15) is 28.8 Å². The molecule has 1 saturated heterocycles. The molecule has 2 aliphatic heterocycles. The number of hydrogen-bond acceptors (Lipinski definition) is 4. The molecule has 1 N–H and O–H groups in total. The molecule has 29 heavy (non-hydrogen) atoms. The highest BCUT2D eigenvalue weighted by atomic mass is 35.5. The van der Waals surface area contributed by atoms with E-state index in [4.69, 9.17) is 11.6 Å². The predicted octanol–water partition coefficient (Wildman–Crippen LogP) is 4.26. The monoisotopic (exact) mass is 425 g/mol. The summed E-state index contributed by atoms with van der Waals surface area (Å²) in [6, 6.07) is 6.02. The summed E-state index contributed by atoms with van der Waals surface area (Å²) in [7, 11) is 0. The van der Waals surface area contributed by atoms with Crippen LogP contribution in [-0.2, 0) is 16.0 Å². The van der Waals surface area contributed by atoms with Crippen molar-refractivity contribution in [2.45, 2.75) is 19.3 Å². The number of hydrogen-bond donors (Lipinski definition) is 1. The zero-order valence-electron chi connectivity index (χ0n) is 15.7. The molecule has 2 amide bonds. The summed E-state index contributed by atoms with van der Waals surface area (Å²) in [4.78, 5) is 31.6. The van der Waals surface area contributed by atoms with Crippen LogP contribution >= 0.6 is 22.9 Å². The molecule has 148 valence electrons. The van der Waals surface area contributed by atoms with E-state index in [0.29, 0.717) is 30.5 Å². The van der Waals surface area contributed by atoms with Gasteiger partial charge in [0.1, 0.15) is 5.82 Å². The van der Waals surface area contributed by atoms with E-state index >= 15 is 0 Å². The van der Waals surface area contributed by atoms with Gasteiger partial charge in [0, 0.05) is 36.7 Å². The van der Waals surface area contributed by atoms with E-state index in [1.54, 1.807) is 23.6 Å². The second kappa shape index (κ2) is 7.43. The normalized spacial score (nSPS) is 23.1. The van der Waals surface area contributed by atoms with Gasteiger partial charge in [0.25, 0.3) is 0 Å². The summed E-state index contributed by atoms with van der Waals surface area (Å²) in [6.45, 7) is 1.56. The number of allylic oxidation sites excluding steroid dienone is 1. The fraction of sp³-hybridized carbons (Fsp3) is 0.318. The fourth-order valence-electron chi connectivity index (χ4n) is 4.40. The Labute approximate surface area is 178 Å². The highest BCUT2D eigenvalue weighted by Crippen LogP contribution is 2.43. The molecule has 7 heteroatoms. The lowest BCUT2D eigenvalue weighted by molar-refractivity contribution is -0.125. The molecule has 5 nitrogen and oxygen atoms in total. The standard InChI is InChI=1S/C22H20ClN3O2S/c23-19-4-3-18(29-19)15-8-16-11-26(12-17(16)9-15)21(28)6-1-13-7-14-2-5-20(27)25-22(14)24-10-13/h1,3-4,6-8,10,16-17H,2,5,9,11-12H2,(H,24,25,27). The summed E-state index contributed by atoms with van der Waals surface area (Å²) in [5.41, 5.74) is 3.26. The molecule has 4 heterocycles. The van der Waals surface area contributed by atoms with Crippen molar-refractivity contribution in [1.82, 2.24) is 9.88 Å². The van der Waals surface area contributed by atoms with Crippen LogP contribution in [0.15, 0.2) is 36.5 Å². The Morgan fingerprint density at radius 3 is 3.00 bits per heavy atom. The SMILES string of the molecule is O=C1CCc2cc(C=CC(=O)N3CC4C=C(c5ccc(Cl)s5)CC4C3)cnc2N1. The van der Waals surface area contributed by atoms with Gasteiger partial charge in [0.2, 0.25) is 11.8 Å². The first-order valence-electron chi connectivity index (χ1n) is 9.77. The zero-order valence-corrected chi connectivity index (χ0v) is 17.3. The van der Waals surface area contributed by atoms with Gasteiger partial charge in [-0.15, -0.1) is 11.3 Å². The van der Waals surface area contributed by atoms with Gasteiger partial charge in [-0.1, -0.05) is 17.7 Å². The number of carbonyl (C=O) groups is 2. The van der Waals surface area contributed by atoms with Gasteiger partial charge in [-0.2, -0.15) is 0 Å². The molecular weight excluding hydrogens is 406 g/mol. The molecule has 1 aliphatic carbocycles. The summed E-state index contributed by atoms with van der Waals surface area (Å²) < 4.78 is 0.818. The van der Waals surface area contributed by atoms with Crippen molar-refractivity contribution in [3.05, 3.63) is 56.9 Å². The van der Waals surface area contributed by atoms with Crippen molar-refractivity contribution in [2.24, 2.45) is 11.8 Å². The number of aryl methyl sites for hydroxylation is 1. The highest BCUT2D eigenvalue weighted by molar-refractivity contribution is 7.17. The number of thiophene rings is 1. The van der Waals surface area contributed by atoms with Crippen molar-refractivity contribution in [3.63, 3.8) is 0 Å². The van der Waals surface area contributed by atoms with Gasteiger partial charge in [-0.25, -0.2) is 4.98 Å². The van der Waals surface area contributed by atoms with Crippen LogP contribution in [0, 0.1) is 11.8 Å². The number of fused-ring (bicyclic) bond motifs is 2. The van der Waals surface area contributed by atoms with Crippen LogP contribution in [0.5, 0.6) is 0 Å². The lowest BCUT2D eigenvalue weighted by atomic mass is 10.00. The Kier molecular flexibility index (Phi) is 4.76. The molecule has 1 fully saturated rings. The number of aromatic nitrogens is 1. The largest absolute Gasteiger partial charge is 0.338 e. The highest BCUT2D eigenvalue weighted by Gasteiger charge is 2.38. The second-order valence-corrected chi connectivity index (χ2v) is 9.54. The Bertz CT molecular complexity index is 1060. The number of amides is 2. The fourth-order valence-corrected chi connectivity index (χ4v) is 5.48. The third kappa shape index (κ3) is 3.74. The van der Waals surface area contributed by atoms with E-state index in [9.17, 15) is 9.59 Å². The molecule has 0 saturated carbocycles. The second-order valence-electron chi connectivity index (χ2n) is 7.82. The molecule has 0 bridgehead atoms. The molecule has 2 atom stereocenters. The number of nitrogens with one attached hydrogen (secondary N) is 1. The van der Waals surface area contributed by atoms with Gasteiger partial charge in [-0.05, 0) is 65.7 Å². The Morgan fingerprint density at radius 1 is 1.31 bits per heavy atom. The third-order valence-electron chi connectivity index (χ3n) is 5.88. The first-order valence-corrected chi connectivity index (χ1v) is 11.0. The van der Waals surface area contributed by atoms with Crippen LogP contribution in [0.4, 0.5) is 5.82 Å². The Hall–Kier alpha value is -2.44. The number of rotatable bonds is 3. The molecule has 2 aromatic rings. The first kappa shape index (κ1) is 18.6. The number of pyridine rings is 1. The summed E-state index contributed by atoms with van der Waals surface area (Å²) in [6.07, 6.45) is 9.63. The van der Waals surface area contributed by atoms with Crippen molar-refractivity contribution in [2.75, 3.05) is 18.4 Å². The van der Waals surface area contributed by atoms with Crippen molar-refractivity contribution < 1.29 is 9.59 Å². The molecule has 2 unspecified atom stereocenters. The topological polar surface area (TPSA) is 62.3 Å². The number of nitrogens with zero attached hydrogens (tertiary/aromatic N) is 2. The summed E-state index contributed by atoms with van der Waals surface area (Å²) >= 11 is 7.69. The van der Waals surface area contributed by atoms with E-state index in [-0.39, 0.29) is 11.8 Å². The summed E-state index contributed by atoms with van der Waals surface area (Å²) in [5, 5.41) is 2.77. The minimum atomic E-state index is 0.00225. The minimum Gasteiger partial charge on any atom is -0.338 e.